The van der Waals surface area contributed by atoms with Gasteiger partial charge in [0.05, 0.1) is 38.4 Å². The standard InChI is InChI=1S/C24H31N5O5/c1-17-14-19(29(32-2)24(31)27-22(30)18-6-4-3-5-7-18)8-9-21(17)34-20-15-25-23(26-16-20)28-10-12-33-13-11-28/h8-9,14-16,18H,3-7,10-13H2,1-2H3,(H,27,30,31). The maximum atomic E-state index is 12.7. The molecule has 0 bridgehead atoms. The maximum absolute atomic E-state index is 12.7. The lowest BCUT2D eigenvalue weighted by atomic mass is 9.89. The van der Waals surface area contributed by atoms with Crippen molar-refractivity contribution < 1.29 is 23.9 Å². The van der Waals surface area contributed by atoms with Gasteiger partial charge in [-0.1, -0.05) is 19.3 Å². The Morgan fingerprint density at radius 3 is 2.47 bits per heavy atom. The van der Waals surface area contributed by atoms with Crippen molar-refractivity contribution in [2.24, 2.45) is 5.92 Å². The molecule has 182 valence electrons. The molecule has 10 nitrogen and oxygen atoms in total. The number of hydroxylamine groups is 1. The van der Waals surface area contributed by atoms with Crippen LogP contribution in [-0.4, -0.2) is 55.3 Å². The van der Waals surface area contributed by atoms with E-state index in [-0.39, 0.29) is 11.8 Å². The summed E-state index contributed by atoms with van der Waals surface area (Å²) in [6, 6.07) is 4.58. The first-order chi connectivity index (χ1) is 16.5. The second-order valence-corrected chi connectivity index (χ2v) is 8.48. The van der Waals surface area contributed by atoms with Gasteiger partial charge in [0.25, 0.3) is 0 Å². The Balaban J connectivity index is 1.39. The number of carbonyl (C=O) groups excluding carboxylic acids is 2. The van der Waals surface area contributed by atoms with Crippen molar-refractivity contribution in [2.45, 2.75) is 39.0 Å². The lowest BCUT2D eigenvalue weighted by Gasteiger charge is -2.26. The van der Waals surface area contributed by atoms with E-state index in [1.54, 1.807) is 30.6 Å². The SMILES string of the molecule is CON(C(=O)NC(=O)C1CCCCC1)c1ccc(Oc2cnc(N3CCOCC3)nc2)c(C)c1. The van der Waals surface area contributed by atoms with Crippen LogP contribution in [0.15, 0.2) is 30.6 Å². The van der Waals surface area contributed by atoms with E-state index in [1.807, 2.05) is 6.92 Å². The molecule has 1 aromatic heterocycles. The highest BCUT2D eigenvalue weighted by molar-refractivity contribution is 6.02. The van der Waals surface area contributed by atoms with Crippen molar-refractivity contribution in [2.75, 3.05) is 43.4 Å². The molecule has 4 rings (SSSR count). The molecule has 0 unspecified atom stereocenters. The summed E-state index contributed by atoms with van der Waals surface area (Å²) in [7, 11) is 1.39. The Morgan fingerprint density at radius 2 is 1.82 bits per heavy atom. The number of amides is 3. The zero-order valence-corrected chi connectivity index (χ0v) is 19.7. The van der Waals surface area contributed by atoms with E-state index in [2.05, 4.69) is 20.2 Å². The minimum atomic E-state index is -0.613. The second-order valence-electron chi connectivity index (χ2n) is 8.48. The average Bonchev–Trinajstić information content (AvgIpc) is 2.87. The topological polar surface area (TPSA) is 106 Å². The Kier molecular flexibility index (Phi) is 7.91. The zero-order chi connectivity index (χ0) is 23.9. The van der Waals surface area contributed by atoms with Crippen LogP contribution < -0.4 is 20.0 Å². The molecule has 2 aromatic rings. The van der Waals surface area contributed by atoms with E-state index in [0.717, 1.165) is 55.8 Å². The summed E-state index contributed by atoms with van der Waals surface area (Å²) in [4.78, 5) is 41.3. The van der Waals surface area contributed by atoms with Crippen LogP contribution in [0.25, 0.3) is 0 Å². The van der Waals surface area contributed by atoms with Crippen LogP contribution in [0.3, 0.4) is 0 Å². The van der Waals surface area contributed by atoms with Gasteiger partial charge in [-0.25, -0.2) is 14.8 Å². The molecular weight excluding hydrogens is 438 g/mol. The molecule has 3 amide bonds. The van der Waals surface area contributed by atoms with Crippen molar-refractivity contribution in [3.63, 3.8) is 0 Å². The number of ether oxygens (including phenoxy) is 2. The fourth-order valence-corrected chi connectivity index (χ4v) is 4.22. The highest BCUT2D eigenvalue weighted by Crippen LogP contribution is 2.29. The molecule has 1 N–H and O–H groups in total. The Morgan fingerprint density at radius 1 is 1.12 bits per heavy atom. The third-order valence-corrected chi connectivity index (χ3v) is 6.10. The van der Waals surface area contributed by atoms with E-state index in [9.17, 15) is 9.59 Å². The molecule has 1 saturated heterocycles. The summed E-state index contributed by atoms with van der Waals surface area (Å²) >= 11 is 0. The highest BCUT2D eigenvalue weighted by Gasteiger charge is 2.26. The zero-order valence-electron chi connectivity index (χ0n) is 19.7. The van der Waals surface area contributed by atoms with Gasteiger partial charge in [0.15, 0.2) is 5.75 Å². The number of urea groups is 1. The molecular formula is C24H31N5O5. The van der Waals surface area contributed by atoms with Crippen LogP contribution in [0.4, 0.5) is 16.4 Å². The van der Waals surface area contributed by atoms with Gasteiger partial charge in [-0.3, -0.25) is 14.9 Å². The van der Waals surface area contributed by atoms with Gasteiger partial charge in [-0.05, 0) is 43.5 Å². The van der Waals surface area contributed by atoms with Crippen LogP contribution >= 0.6 is 0 Å². The number of aryl methyl sites for hydroxylation is 1. The number of nitrogens with zero attached hydrogens (tertiary/aromatic N) is 4. The van der Waals surface area contributed by atoms with E-state index in [1.165, 1.54) is 7.11 Å². The molecule has 1 aliphatic carbocycles. The van der Waals surface area contributed by atoms with E-state index in [0.29, 0.717) is 36.3 Å². The van der Waals surface area contributed by atoms with E-state index < -0.39 is 6.03 Å². The van der Waals surface area contributed by atoms with Gasteiger partial charge in [-0.15, -0.1) is 0 Å². The third kappa shape index (κ3) is 5.81. The molecule has 1 aromatic carbocycles. The first-order valence-electron chi connectivity index (χ1n) is 11.7. The average molecular weight is 470 g/mol. The number of imide groups is 1. The normalized spacial score (nSPS) is 16.7. The Hall–Kier alpha value is -3.24. The monoisotopic (exact) mass is 469 g/mol. The fourth-order valence-electron chi connectivity index (χ4n) is 4.22. The smallest absolute Gasteiger partial charge is 0.352 e. The number of anilines is 2. The molecule has 34 heavy (non-hydrogen) atoms. The number of hydrogen-bond acceptors (Lipinski definition) is 8. The van der Waals surface area contributed by atoms with Crippen LogP contribution in [0.5, 0.6) is 11.5 Å². The third-order valence-electron chi connectivity index (χ3n) is 6.10. The van der Waals surface area contributed by atoms with Gasteiger partial charge in [0.1, 0.15) is 5.75 Å². The van der Waals surface area contributed by atoms with Gasteiger partial charge in [-0.2, -0.15) is 5.06 Å². The molecule has 10 heteroatoms. The number of carbonyl (C=O) groups is 2. The van der Waals surface area contributed by atoms with Crippen molar-refractivity contribution in [3.05, 3.63) is 36.2 Å². The largest absolute Gasteiger partial charge is 0.454 e. The summed E-state index contributed by atoms with van der Waals surface area (Å²) in [5.74, 6) is 1.38. The molecule has 0 atom stereocenters. The quantitative estimate of drug-likeness (QED) is 0.640. The van der Waals surface area contributed by atoms with Gasteiger partial charge >= 0.3 is 6.03 Å². The second kappa shape index (κ2) is 11.3. The number of benzene rings is 1. The van der Waals surface area contributed by atoms with E-state index in [4.69, 9.17) is 14.3 Å². The van der Waals surface area contributed by atoms with Crippen LogP contribution in [0.2, 0.25) is 0 Å². The van der Waals surface area contributed by atoms with Crippen LogP contribution in [0, 0.1) is 12.8 Å². The lowest BCUT2D eigenvalue weighted by Crippen LogP contribution is -2.45. The number of morpholine rings is 1. The number of hydrogen-bond donors (Lipinski definition) is 1. The Bertz CT molecular complexity index is 988. The highest BCUT2D eigenvalue weighted by atomic mass is 16.7. The van der Waals surface area contributed by atoms with Crippen molar-refractivity contribution >= 4 is 23.6 Å². The van der Waals surface area contributed by atoms with Crippen molar-refractivity contribution in [3.8, 4) is 11.5 Å². The molecule has 2 fully saturated rings. The summed E-state index contributed by atoms with van der Waals surface area (Å²) < 4.78 is 11.3. The number of nitrogens with one attached hydrogen (secondary N) is 1. The summed E-state index contributed by atoms with van der Waals surface area (Å²) in [6.07, 6.45) is 8.07. The Labute approximate surface area is 199 Å². The molecule has 0 spiro atoms. The summed E-state index contributed by atoms with van der Waals surface area (Å²) in [5, 5.41) is 3.54. The molecule has 1 aliphatic heterocycles. The first kappa shape index (κ1) is 23.9. The van der Waals surface area contributed by atoms with Gasteiger partial charge in [0.2, 0.25) is 11.9 Å². The van der Waals surface area contributed by atoms with Crippen LogP contribution in [-0.2, 0) is 14.4 Å². The van der Waals surface area contributed by atoms with Gasteiger partial charge in [0, 0.05) is 19.0 Å². The minimum Gasteiger partial charge on any atom is -0.454 e. The molecule has 2 heterocycles. The molecule has 1 saturated carbocycles. The lowest BCUT2D eigenvalue weighted by molar-refractivity contribution is -0.124. The van der Waals surface area contributed by atoms with Gasteiger partial charge < -0.3 is 14.4 Å². The molecule has 0 radical (unpaired) electrons. The van der Waals surface area contributed by atoms with Crippen molar-refractivity contribution in [1.82, 2.24) is 15.3 Å². The predicted molar refractivity (Wildman–Crippen MR) is 126 cm³/mol. The van der Waals surface area contributed by atoms with Crippen molar-refractivity contribution in [1.29, 1.82) is 0 Å². The number of aromatic nitrogens is 2. The predicted octanol–water partition coefficient (Wildman–Crippen LogP) is 3.60. The first-order valence-corrected chi connectivity index (χ1v) is 11.7. The maximum Gasteiger partial charge on any atom is 0.352 e. The number of rotatable bonds is 6. The van der Waals surface area contributed by atoms with E-state index >= 15 is 0 Å². The fraction of sp³-hybridized carbons (Fsp3) is 0.500. The summed E-state index contributed by atoms with van der Waals surface area (Å²) in [6.45, 7) is 4.71. The van der Waals surface area contributed by atoms with Crippen LogP contribution in [0.1, 0.15) is 37.7 Å². The molecule has 2 aliphatic rings. The summed E-state index contributed by atoms with van der Waals surface area (Å²) in [5.41, 5.74) is 1.27. The minimum absolute atomic E-state index is 0.120.